The van der Waals surface area contributed by atoms with Crippen molar-refractivity contribution in [3.63, 3.8) is 0 Å². The second kappa shape index (κ2) is 7.99. The first-order valence-electron chi connectivity index (χ1n) is 9.69. The molecule has 6 nitrogen and oxygen atoms in total. The second-order valence-corrected chi connectivity index (χ2v) is 9.10. The van der Waals surface area contributed by atoms with Gasteiger partial charge in [0, 0.05) is 5.69 Å². The monoisotopic (exact) mass is 413 g/mol. The van der Waals surface area contributed by atoms with E-state index in [0.29, 0.717) is 26.5 Å². The van der Waals surface area contributed by atoms with Crippen LogP contribution in [-0.4, -0.2) is 22.5 Å². The van der Waals surface area contributed by atoms with Gasteiger partial charge in [-0.25, -0.2) is 9.78 Å². The summed E-state index contributed by atoms with van der Waals surface area (Å²) in [6.07, 6.45) is 0. The number of hydrogen-bond donors (Lipinski definition) is 2. The minimum Gasteiger partial charge on any atom is -0.462 e. The molecule has 2 heterocycles. The second-order valence-electron chi connectivity index (χ2n) is 8.10. The highest BCUT2D eigenvalue weighted by Gasteiger charge is 2.21. The third-order valence-electron chi connectivity index (χ3n) is 4.82. The third-order valence-corrected chi connectivity index (χ3v) is 5.99. The molecule has 3 aromatic rings. The molecule has 0 unspecified atom stereocenters. The summed E-state index contributed by atoms with van der Waals surface area (Å²) >= 11 is 1.20. The Hall–Kier alpha value is -2.67. The maximum Gasteiger partial charge on any atom is 0.348 e. The van der Waals surface area contributed by atoms with Gasteiger partial charge in [-0.2, -0.15) is 0 Å². The van der Waals surface area contributed by atoms with Gasteiger partial charge in [-0.05, 0) is 49.4 Å². The van der Waals surface area contributed by atoms with E-state index in [4.69, 9.17) is 4.74 Å². The highest BCUT2D eigenvalue weighted by molar-refractivity contribution is 7.20. The van der Waals surface area contributed by atoms with Crippen molar-refractivity contribution in [2.24, 2.45) is 0 Å². The molecule has 7 heteroatoms. The van der Waals surface area contributed by atoms with E-state index in [1.54, 1.807) is 13.8 Å². The molecule has 0 saturated carbocycles. The predicted octanol–water partition coefficient (Wildman–Crippen LogP) is 4.94. The van der Waals surface area contributed by atoms with E-state index in [9.17, 15) is 9.59 Å². The van der Waals surface area contributed by atoms with E-state index in [-0.39, 0.29) is 23.6 Å². The van der Waals surface area contributed by atoms with Gasteiger partial charge in [-0.15, -0.1) is 11.3 Å². The van der Waals surface area contributed by atoms with Gasteiger partial charge < -0.3 is 15.0 Å². The predicted molar refractivity (Wildman–Crippen MR) is 118 cm³/mol. The molecule has 3 rings (SSSR count). The Morgan fingerprint density at radius 2 is 1.93 bits per heavy atom. The van der Waals surface area contributed by atoms with Gasteiger partial charge in [-0.1, -0.05) is 32.9 Å². The zero-order valence-corrected chi connectivity index (χ0v) is 18.5. The smallest absolute Gasteiger partial charge is 0.348 e. The summed E-state index contributed by atoms with van der Waals surface area (Å²) in [5.41, 5.74) is 2.66. The molecule has 0 aliphatic rings. The van der Waals surface area contributed by atoms with Crippen molar-refractivity contribution in [2.45, 2.75) is 53.0 Å². The number of anilines is 1. The number of carbonyl (C=O) groups is 1. The molecule has 0 spiro atoms. The Kier molecular flexibility index (Phi) is 5.80. The summed E-state index contributed by atoms with van der Waals surface area (Å²) in [7, 11) is 0. The van der Waals surface area contributed by atoms with Gasteiger partial charge in [-0.3, -0.25) is 4.79 Å². The summed E-state index contributed by atoms with van der Waals surface area (Å²) in [6.45, 7) is 12.3. The number of H-pyrrole nitrogens is 1. The van der Waals surface area contributed by atoms with Crippen LogP contribution in [0.2, 0.25) is 0 Å². The molecule has 0 aliphatic carbocycles. The third kappa shape index (κ3) is 4.34. The van der Waals surface area contributed by atoms with Crippen molar-refractivity contribution in [1.29, 1.82) is 0 Å². The van der Waals surface area contributed by atoms with Crippen molar-refractivity contribution in [1.82, 2.24) is 9.97 Å². The number of esters is 1. The largest absolute Gasteiger partial charge is 0.462 e. The van der Waals surface area contributed by atoms with Crippen LogP contribution in [0.15, 0.2) is 29.1 Å². The van der Waals surface area contributed by atoms with E-state index in [1.165, 1.54) is 16.9 Å². The first kappa shape index (κ1) is 21.0. The summed E-state index contributed by atoms with van der Waals surface area (Å²) < 4.78 is 5.09. The number of aromatic amines is 1. The molecule has 1 aromatic carbocycles. The maximum atomic E-state index is 12.7. The topological polar surface area (TPSA) is 84.1 Å². The Morgan fingerprint density at radius 1 is 1.28 bits per heavy atom. The minimum absolute atomic E-state index is 0.0929. The number of aryl methyl sites for hydroxylation is 1. The number of aromatic nitrogens is 2. The number of hydrogen-bond acceptors (Lipinski definition) is 6. The van der Waals surface area contributed by atoms with Crippen molar-refractivity contribution < 1.29 is 9.53 Å². The van der Waals surface area contributed by atoms with Crippen LogP contribution < -0.4 is 10.9 Å². The number of nitrogens with one attached hydrogen (secondary N) is 2. The van der Waals surface area contributed by atoms with Gasteiger partial charge in [0.1, 0.15) is 15.5 Å². The first-order chi connectivity index (χ1) is 13.6. The molecule has 0 aliphatic heterocycles. The number of benzene rings is 1. The quantitative estimate of drug-likeness (QED) is 0.579. The molecule has 1 atom stereocenters. The minimum atomic E-state index is -0.418. The average molecular weight is 414 g/mol. The van der Waals surface area contributed by atoms with Crippen LogP contribution in [0.1, 0.15) is 67.3 Å². The maximum absolute atomic E-state index is 12.7. The molecule has 0 amide bonds. The van der Waals surface area contributed by atoms with E-state index >= 15 is 0 Å². The fraction of sp³-hybridized carbons (Fsp3) is 0.409. The van der Waals surface area contributed by atoms with Crippen LogP contribution >= 0.6 is 11.3 Å². The average Bonchev–Trinajstić information content (AvgIpc) is 2.99. The Balaban J connectivity index is 1.89. The van der Waals surface area contributed by atoms with Crippen molar-refractivity contribution in [3.05, 3.63) is 56.4 Å². The Labute approximate surface area is 174 Å². The molecular weight excluding hydrogens is 386 g/mol. The van der Waals surface area contributed by atoms with Crippen molar-refractivity contribution >= 4 is 33.2 Å². The highest BCUT2D eigenvalue weighted by atomic mass is 32.1. The number of rotatable bonds is 5. The molecule has 0 bridgehead atoms. The number of fused-ring (bicyclic) bond motifs is 1. The lowest BCUT2D eigenvalue weighted by atomic mass is 9.87. The normalized spacial score (nSPS) is 12.8. The van der Waals surface area contributed by atoms with Crippen LogP contribution in [0.4, 0.5) is 5.69 Å². The molecule has 0 saturated heterocycles. The molecule has 154 valence electrons. The number of nitrogens with zero attached hydrogens (tertiary/aromatic N) is 1. The van der Waals surface area contributed by atoms with Crippen LogP contribution in [0.25, 0.3) is 10.2 Å². The van der Waals surface area contributed by atoms with E-state index in [2.05, 4.69) is 48.2 Å². The zero-order valence-electron chi connectivity index (χ0n) is 17.7. The highest BCUT2D eigenvalue weighted by Crippen LogP contribution is 2.29. The number of carbonyl (C=O) groups excluding carboxylic acids is 1. The van der Waals surface area contributed by atoms with Gasteiger partial charge in [0.05, 0.1) is 18.0 Å². The summed E-state index contributed by atoms with van der Waals surface area (Å²) in [6, 6.07) is 8.05. The number of ether oxygens (including phenoxy) is 1. The van der Waals surface area contributed by atoms with Gasteiger partial charge in [0.15, 0.2) is 0 Å². The molecule has 29 heavy (non-hydrogen) atoms. The van der Waals surface area contributed by atoms with Gasteiger partial charge in [0.2, 0.25) is 0 Å². The van der Waals surface area contributed by atoms with E-state index in [0.717, 1.165) is 5.69 Å². The first-order valence-corrected chi connectivity index (χ1v) is 10.5. The fourth-order valence-corrected chi connectivity index (χ4v) is 4.22. The Morgan fingerprint density at radius 3 is 2.52 bits per heavy atom. The lowest BCUT2D eigenvalue weighted by Gasteiger charge is -2.20. The molecule has 0 radical (unpaired) electrons. The SMILES string of the molecule is CCOC(=O)c1sc2nc([C@H](C)Nc3ccc(C(C)(C)C)cc3)[nH]c(=O)c2c1C. The lowest BCUT2D eigenvalue weighted by molar-refractivity contribution is 0.0531. The van der Waals surface area contributed by atoms with Crippen LogP contribution in [0.3, 0.4) is 0 Å². The van der Waals surface area contributed by atoms with Crippen molar-refractivity contribution in [3.8, 4) is 0 Å². The van der Waals surface area contributed by atoms with Gasteiger partial charge >= 0.3 is 5.97 Å². The van der Waals surface area contributed by atoms with Gasteiger partial charge in [0.25, 0.3) is 5.56 Å². The standard InChI is InChI=1S/C22H27N3O3S/c1-7-28-21(27)17-12(2)16-19(26)24-18(25-20(16)29-17)13(3)23-15-10-8-14(9-11-15)22(4,5)6/h8-11,13,23H,7H2,1-6H3,(H,24,25,26)/t13-/m0/s1. The molecule has 2 N–H and O–H groups in total. The van der Waals surface area contributed by atoms with Crippen LogP contribution in [0, 0.1) is 6.92 Å². The number of thiophene rings is 1. The summed E-state index contributed by atoms with van der Waals surface area (Å²) in [4.78, 5) is 33.2. The summed E-state index contributed by atoms with van der Waals surface area (Å²) in [5, 5.41) is 3.82. The lowest BCUT2D eigenvalue weighted by Crippen LogP contribution is -2.17. The molecule has 0 fully saturated rings. The zero-order chi connectivity index (χ0) is 21.3. The van der Waals surface area contributed by atoms with Crippen LogP contribution in [0.5, 0.6) is 0 Å². The van der Waals surface area contributed by atoms with Crippen molar-refractivity contribution in [2.75, 3.05) is 11.9 Å². The Bertz CT molecular complexity index is 1090. The molecule has 2 aromatic heterocycles. The van der Waals surface area contributed by atoms with E-state index < -0.39 is 5.97 Å². The molecular formula is C22H27N3O3S. The fourth-order valence-electron chi connectivity index (χ4n) is 3.14. The summed E-state index contributed by atoms with van der Waals surface area (Å²) in [5.74, 6) is 0.109. The van der Waals surface area contributed by atoms with Crippen LogP contribution in [-0.2, 0) is 10.2 Å². The van der Waals surface area contributed by atoms with E-state index in [1.807, 2.05) is 19.1 Å².